The number of ether oxygens (including phenoxy) is 1. The maximum absolute atomic E-state index is 13.3. The van der Waals surface area contributed by atoms with E-state index < -0.39 is 0 Å². The fourth-order valence-electron chi connectivity index (χ4n) is 5.69. The van der Waals surface area contributed by atoms with Crippen LogP contribution in [0.25, 0.3) is 0 Å². The highest BCUT2D eigenvalue weighted by molar-refractivity contribution is 5.99. The molecule has 1 aromatic heterocycles. The average Bonchev–Trinajstić information content (AvgIpc) is 3.33. The molecule has 174 valence electrons. The maximum Gasteiger partial charge on any atom is 0.338 e. The summed E-state index contributed by atoms with van der Waals surface area (Å²) < 4.78 is 6.48. The van der Waals surface area contributed by atoms with Gasteiger partial charge in [0.1, 0.15) is 6.61 Å². The van der Waals surface area contributed by atoms with Gasteiger partial charge in [-0.15, -0.1) is 0 Å². The van der Waals surface area contributed by atoms with Crippen molar-refractivity contribution >= 4 is 17.7 Å². The van der Waals surface area contributed by atoms with Crippen LogP contribution in [-0.2, 0) is 23.2 Å². The Kier molecular flexibility index (Phi) is 5.35. The van der Waals surface area contributed by atoms with E-state index >= 15 is 0 Å². The van der Waals surface area contributed by atoms with E-state index in [2.05, 4.69) is 29.9 Å². The van der Waals surface area contributed by atoms with E-state index in [0.717, 1.165) is 50.0 Å². The van der Waals surface area contributed by atoms with E-state index in [0.29, 0.717) is 30.5 Å². The van der Waals surface area contributed by atoms with Gasteiger partial charge in [0.25, 0.3) is 5.56 Å². The Bertz CT molecular complexity index is 1180. The number of nitrogens with zero attached hydrogens (tertiary/aromatic N) is 4. The van der Waals surface area contributed by atoms with E-state index in [1.807, 2.05) is 6.07 Å². The van der Waals surface area contributed by atoms with Crippen LogP contribution in [0.4, 0.5) is 5.82 Å². The topological polar surface area (TPSA) is 84.7 Å². The molecule has 0 N–H and O–H groups in total. The number of likely N-dealkylation sites (tertiary alicyclic amines) is 1. The first-order valence-electron chi connectivity index (χ1n) is 11.7. The van der Waals surface area contributed by atoms with Crippen molar-refractivity contribution in [1.82, 2.24) is 14.7 Å². The van der Waals surface area contributed by atoms with Crippen LogP contribution in [0.3, 0.4) is 0 Å². The van der Waals surface area contributed by atoms with Gasteiger partial charge in [-0.2, -0.15) is 5.10 Å². The van der Waals surface area contributed by atoms with Crippen molar-refractivity contribution in [3.05, 3.63) is 56.9 Å². The molecule has 2 saturated heterocycles. The van der Waals surface area contributed by atoms with Gasteiger partial charge in [0.05, 0.1) is 11.0 Å². The molecular formula is C25H30N4O4. The molecule has 5 rings (SSSR count). The second-order valence-corrected chi connectivity index (χ2v) is 9.72. The van der Waals surface area contributed by atoms with Crippen molar-refractivity contribution in [3.8, 4) is 0 Å². The van der Waals surface area contributed by atoms with Crippen LogP contribution in [0.15, 0.2) is 29.1 Å². The van der Waals surface area contributed by atoms with E-state index in [1.165, 1.54) is 16.3 Å². The lowest BCUT2D eigenvalue weighted by atomic mass is 9.77. The van der Waals surface area contributed by atoms with Gasteiger partial charge in [-0.05, 0) is 68.5 Å². The Morgan fingerprint density at radius 2 is 1.79 bits per heavy atom. The van der Waals surface area contributed by atoms with Crippen LogP contribution < -0.4 is 10.5 Å². The molecule has 2 fully saturated rings. The van der Waals surface area contributed by atoms with E-state index in [4.69, 9.17) is 4.74 Å². The molecule has 1 amide bonds. The number of anilines is 1. The van der Waals surface area contributed by atoms with Crippen molar-refractivity contribution < 1.29 is 14.3 Å². The third-order valence-corrected chi connectivity index (χ3v) is 7.82. The lowest BCUT2D eigenvalue weighted by molar-refractivity contribution is -0.128. The van der Waals surface area contributed by atoms with Gasteiger partial charge in [-0.25, -0.2) is 9.48 Å². The van der Waals surface area contributed by atoms with Gasteiger partial charge in [-0.3, -0.25) is 14.5 Å². The quantitative estimate of drug-likeness (QED) is 0.665. The summed E-state index contributed by atoms with van der Waals surface area (Å²) in [4.78, 5) is 41.0. The number of hydrogen-bond acceptors (Lipinski definition) is 6. The number of carbonyl (C=O) groups excluding carboxylic acids is 2. The van der Waals surface area contributed by atoms with Gasteiger partial charge in [0.2, 0.25) is 5.91 Å². The number of esters is 1. The minimum atomic E-state index is -0.322. The van der Waals surface area contributed by atoms with E-state index in [1.54, 1.807) is 18.0 Å². The molecule has 2 aromatic rings. The number of aromatic nitrogens is 2. The summed E-state index contributed by atoms with van der Waals surface area (Å²) in [5.74, 6) is 0.799. The number of aryl methyl sites for hydroxylation is 1. The summed E-state index contributed by atoms with van der Waals surface area (Å²) in [5, 5.41) is 4.28. The molecular weight excluding hydrogens is 420 g/mol. The molecule has 1 aromatic carbocycles. The molecule has 1 atom stereocenters. The van der Waals surface area contributed by atoms with E-state index in [-0.39, 0.29) is 22.9 Å². The summed E-state index contributed by atoms with van der Waals surface area (Å²) >= 11 is 0. The number of piperidine rings is 1. The van der Waals surface area contributed by atoms with Crippen LogP contribution in [0.1, 0.15) is 59.2 Å². The Balaban J connectivity index is 1.23. The SMILES string of the molecule is Cc1c([C@H](C)CN2CCC3(CC2)CCN(c2ccc(=O)n(C)n2)C3=O)ccc2c1COC2=O. The van der Waals surface area contributed by atoms with Crippen LogP contribution >= 0.6 is 0 Å². The van der Waals surface area contributed by atoms with Crippen molar-refractivity contribution in [3.63, 3.8) is 0 Å². The zero-order valence-electron chi connectivity index (χ0n) is 19.5. The van der Waals surface area contributed by atoms with Crippen LogP contribution in [0, 0.1) is 12.3 Å². The Hall–Kier alpha value is -3.00. The van der Waals surface area contributed by atoms with Crippen molar-refractivity contribution in [2.75, 3.05) is 31.1 Å². The maximum atomic E-state index is 13.3. The molecule has 8 nitrogen and oxygen atoms in total. The average molecular weight is 451 g/mol. The van der Waals surface area contributed by atoms with Crippen molar-refractivity contribution in [1.29, 1.82) is 0 Å². The predicted molar refractivity (Wildman–Crippen MR) is 123 cm³/mol. The third kappa shape index (κ3) is 3.66. The van der Waals surface area contributed by atoms with Crippen LogP contribution in [-0.4, -0.2) is 52.7 Å². The number of carbonyl (C=O) groups is 2. The molecule has 33 heavy (non-hydrogen) atoms. The van der Waals surface area contributed by atoms with E-state index in [9.17, 15) is 14.4 Å². The highest BCUT2D eigenvalue weighted by Crippen LogP contribution is 2.43. The largest absolute Gasteiger partial charge is 0.457 e. The molecule has 0 aliphatic carbocycles. The second kappa shape index (κ2) is 8.09. The lowest BCUT2D eigenvalue weighted by Crippen LogP contribution is -2.45. The number of benzene rings is 1. The zero-order valence-corrected chi connectivity index (χ0v) is 19.5. The molecule has 0 unspecified atom stereocenters. The summed E-state index contributed by atoms with van der Waals surface area (Å²) in [6.07, 6.45) is 2.51. The first kappa shape index (κ1) is 21.8. The van der Waals surface area contributed by atoms with Gasteiger partial charge >= 0.3 is 5.97 Å². The molecule has 0 bridgehead atoms. The first-order chi connectivity index (χ1) is 15.8. The standard InChI is InChI=1S/C25H30N4O4/c1-16(18-4-5-19-20(17(18)2)15-33-23(19)31)14-28-11-8-25(9-12-28)10-13-29(24(25)32)21-6-7-22(30)27(3)26-21/h4-7,16H,8-15H2,1-3H3/t16-/m1/s1. The normalized spacial score (nSPS) is 20.9. The van der Waals surface area contributed by atoms with Crippen LogP contribution in [0.5, 0.6) is 0 Å². The minimum Gasteiger partial charge on any atom is -0.457 e. The molecule has 1 spiro atoms. The number of fused-ring (bicyclic) bond motifs is 1. The van der Waals surface area contributed by atoms with Gasteiger partial charge < -0.3 is 9.64 Å². The highest BCUT2D eigenvalue weighted by atomic mass is 16.5. The first-order valence-corrected chi connectivity index (χ1v) is 11.7. The number of cyclic esters (lactones) is 1. The lowest BCUT2D eigenvalue weighted by Gasteiger charge is -2.39. The predicted octanol–water partition coefficient (Wildman–Crippen LogP) is 2.38. The van der Waals surface area contributed by atoms with Gasteiger partial charge in [0, 0.05) is 31.8 Å². The molecule has 4 heterocycles. The molecule has 3 aliphatic heterocycles. The third-order valence-electron chi connectivity index (χ3n) is 7.82. The van der Waals surface area contributed by atoms with Crippen LogP contribution in [0.2, 0.25) is 0 Å². The fourth-order valence-corrected chi connectivity index (χ4v) is 5.69. The van der Waals surface area contributed by atoms with Gasteiger partial charge in [-0.1, -0.05) is 13.0 Å². The fraction of sp³-hybridized carbons (Fsp3) is 0.520. The second-order valence-electron chi connectivity index (χ2n) is 9.72. The molecule has 3 aliphatic rings. The Morgan fingerprint density at radius 3 is 2.52 bits per heavy atom. The zero-order chi connectivity index (χ0) is 23.3. The van der Waals surface area contributed by atoms with Crippen molar-refractivity contribution in [2.24, 2.45) is 12.5 Å². The Morgan fingerprint density at radius 1 is 1.06 bits per heavy atom. The smallest absolute Gasteiger partial charge is 0.338 e. The minimum absolute atomic E-state index is 0.139. The molecule has 0 saturated carbocycles. The summed E-state index contributed by atoms with van der Waals surface area (Å²) in [6, 6.07) is 7.07. The number of hydrogen-bond donors (Lipinski definition) is 0. The van der Waals surface area contributed by atoms with Crippen molar-refractivity contribution in [2.45, 2.75) is 45.6 Å². The highest BCUT2D eigenvalue weighted by Gasteiger charge is 2.49. The van der Waals surface area contributed by atoms with Gasteiger partial charge in [0.15, 0.2) is 5.82 Å². The molecule has 0 radical (unpaired) electrons. The Labute approximate surface area is 193 Å². The number of rotatable bonds is 4. The molecule has 8 heteroatoms. The summed E-state index contributed by atoms with van der Waals surface area (Å²) in [7, 11) is 1.61. The number of amides is 1. The summed E-state index contributed by atoms with van der Waals surface area (Å²) in [5.41, 5.74) is 3.63. The monoisotopic (exact) mass is 450 g/mol. The summed E-state index contributed by atoms with van der Waals surface area (Å²) in [6.45, 7) is 8.02.